The van der Waals surface area contributed by atoms with Crippen LogP contribution in [0.2, 0.25) is 0 Å². The minimum atomic E-state index is -0.376. The molecule has 3 aliphatic heterocycles. The highest BCUT2D eigenvalue weighted by Gasteiger charge is 2.33. The average Bonchev–Trinajstić information content (AvgIpc) is 3.38. The number of aliphatic hydroxyl groups excluding tert-OH is 1. The molecular weight excluding hydrogens is 459 g/mol. The smallest absolute Gasteiger partial charge is 0.141 e. The number of nitrogens with one attached hydrogen (secondary N) is 1. The standard InChI is InChI=1S/C28H39FN4O3/c29-21-16-24(27(31-17-21)26-8-2-4-15-36-26)25(19-34)33-13-11-23(18-33)35-14-3-1-7-22-10-9-20-6-5-12-30-28(20)32-22/h9-10,16-17,23,25-26,34H,1-8,11-15,18-19H2,(H,30,32)/t23-,25?,26-/m1/s1. The van der Waals surface area contributed by atoms with Crippen molar-refractivity contribution in [1.29, 1.82) is 0 Å². The number of aromatic nitrogens is 2. The van der Waals surface area contributed by atoms with E-state index in [9.17, 15) is 9.50 Å². The van der Waals surface area contributed by atoms with Gasteiger partial charge < -0.3 is 19.9 Å². The summed E-state index contributed by atoms with van der Waals surface area (Å²) in [4.78, 5) is 11.4. The summed E-state index contributed by atoms with van der Waals surface area (Å²) in [5.74, 6) is 0.686. The summed E-state index contributed by atoms with van der Waals surface area (Å²) in [6.45, 7) is 3.88. The first kappa shape index (κ1) is 25.5. The Hall–Kier alpha value is -2.13. The van der Waals surface area contributed by atoms with E-state index in [0.29, 0.717) is 13.2 Å². The van der Waals surface area contributed by atoms with Crippen LogP contribution in [0.3, 0.4) is 0 Å². The summed E-state index contributed by atoms with van der Waals surface area (Å²) in [5, 5.41) is 13.7. The number of anilines is 1. The van der Waals surface area contributed by atoms with Gasteiger partial charge in [0.25, 0.3) is 0 Å². The topological polar surface area (TPSA) is 79.7 Å². The van der Waals surface area contributed by atoms with Gasteiger partial charge in [-0.1, -0.05) is 6.07 Å². The summed E-state index contributed by atoms with van der Waals surface area (Å²) in [6.07, 6.45) is 10.5. The number of pyridine rings is 2. The first-order valence-electron chi connectivity index (χ1n) is 13.7. The molecule has 1 unspecified atom stereocenters. The van der Waals surface area contributed by atoms with E-state index in [4.69, 9.17) is 14.5 Å². The lowest BCUT2D eigenvalue weighted by Crippen LogP contribution is -2.32. The van der Waals surface area contributed by atoms with Gasteiger partial charge in [0.05, 0.1) is 36.7 Å². The number of fused-ring (bicyclic) bond motifs is 1. The highest BCUT2D eigenvalue weighted by Crippen LogP contribution is 2.35. The van der Waals surface area contributed by atoms with Crippen molar-refractivity contribution in [2.75, 3.05) is 44.8 Å². The minimum Gasteiger partial charge on any atom is -0.394 e. The van der Waals surface area contributed by atoms with Gasteiger partial charge in [0.2, 0.25) is 0 Å². The monoisotopic (exact) mass is 498 g/mol. The van der Waals surface area contributed by atoms with Crippen LogP contribution in [0, 0.1) is 5.82 Å². The van der Waals surface area contributed by atoms with Crippen molar-refractivity contribution >= 4 is 5.82 Å². The van der Waals surface area contributed by atoms with Crippen molar-refractivity contribution in [1.82, 2.24) is 14.9 Å². The molecule has 2 fully saturated rings. The Labute approximate surface area is 213 Å². The van der Waals surface area contributed by atoms with E-state index in [1.54, 1.807) is 0 Å². The van der Waals surface area contributed by atoms with E-state index in [1.165, 1.54) is 24.2 Å². The van der Waals surface area contributed by atoms with Crippen LogP contribution in [0.1, 0.15) is 79.6 Å². The molecule has 2 N–H and O–H groups in total. The lowest BCUT2D eigenvalue weighted by molar-refractivity contribution is 0.00975. The van der Waals surface area contributed by atoms with Crippen molar-refractivity contribution < 1.29 is 19.0 Å². The Balaban J connectivity index is 1.10. The second kappa shape index (κ2) is 12.4. The highest BCUT2D eigenvalue weighted by atomic mass is 19.1. The summed E-state index contributed by atoms with van der Waals surface area (Å²) >= 11 is 0. The number of hydrogen-bond donors (Lipinski definition) is 2. The Morgan fingerprint density at radius 3 is 3.03 bits per heavy atom. The Bertz CT molecular complexity index is 1000. The first-order chi connectivity index (χ1) is 17.7. The third-order valence-corrected chi connectivity index (χ3v) is 7.68. The van der Waals surface area contributed by atoms with Crippen LogP contribution in [0.4, 0.5) is 10.2 Å². The summed E-state index contributed by atoms with van der Waals surface area (Å²) in [7, 11) is 0. The molecule has 0 radical (unpaired) electrons. The number of likely N-dealkylation sites (tertiary alicyclic amines) is 1. The molecule has 2 saturated heterocycles. The predicted octanol–water partition coefficient (Wildman–Crippen LogP) is 4.36. The van der Waals surface area contributed by atoms with Crippen molar-refractivity contribution in [3.8, 4) is 0 Å². The molecule has 3 aliphatic rings. The quantitative estimate of drug-likeness (QED) is 0.471. The molecule has 7 nitrogen and oxygen atoms in total. The number of hydrogen-bond acceptors (Lipinski definition) is 7. The molecule has 196 valence electrons. The molecule has 3 atom stereocenters. The van der Waals surface area contributed by atoms with Crippen LogP contribution in [-0.2, 0) is 22.3 Å². The largest absolute Gasteiger partial charge is 0.394 e. The molecular formula is C28H39FN4O3. The zero-order chi connectivity index (χ0) is 24.7. The fourth-order valence-electron chi connectivity index (χ4n) is 5.71. The Morgan fingerprint density at radius 1 is 1.22 bits per heavy atom. The van der Waals surface area contributed by atoms with E-state index >= 15 is 0 Å². The maximum Gasteiger partial charge on any atom is 0.141 e. The van der Waals surface area contributed by atoms with Gasteiger partial charge in [-0.3, -0.25) is 9.88 Å². The summed E-state index contributed by atoms with van der Waals surface area (Å²) in [5.41, 5.74) is 3.98. The molecule has 2 aromatic rings. The van der Waals surface area contributed by atoms with Crippen LogP contribution in [0.15, 0.2) is 24.4 Å². The molecule has 8 heteroatoms. The third-order valence-electron chi connectivity index (χ3n) is 7.68. The van der Waals surface area contributed by atoms with Gasteiger partial charge in [-0.15, -0.1) is 0 Å². The molecule has 5 rings (SSSR count). The number of rotatable bonds is 10. The molecule has 0 spiro atoms. The number of nitrogens with zero attached hydrogens (tertiary/aromatic N) is 3. The molecule has 2 aromatic heterocycles. The molecule has 36 heavy (non-hydrogen) atoms. The first-order valence-corrected chi connectivity index (χ1v) is 13.7. The molecule has 5 heterocycles. The normalized spacial score (nSPS) is 23.3. The molecule has 0 saturated carbocycles. The van der Waals surface area contributed by atoms with Gasteiger partial charge in [-0.2, -0.15) is 0 Å². The predicted molar refractivity (Wildman–Crippen MR) is 136 cm³/mol. The van der Waals surface area contributed by atoms with Gasteiger partial charge in [0.15, 0.2) is 0 Å². The maximum absolute atomic E-state index is 14.2. The van der Waals surface area contributed by atoms with Gasteiger partial charge in [-0.25, -0.2) is 9.37 Å². The van der Waals surface area contributed by atoms with Gasteiger partial charge in [0.1, 0.15) is 11.6 Å². The number of aryl methyl sites for hydroxylation is 2. The number of ether oxygens (including phenoxy) is 2. The molecule has 0 aromatic carbocycles. The minimum absolute atomic E-state index is 0.0831. The maximum atomic E-state index is 14.2. The van der Waals surface area contributed by atoms with Crippen molar-refractivity contribution in [3.05, 3.63) is 52.7 Å². The van der Waals surface area contributed by atoms with Crippen molar-refractivity contribution in [3.63, 3.8) is 0 Å². The summed E-state index contributed by atoms with van der Waals surface area (Å²) in [6, 6.07) is 5.60. The van der Waals surface area contributed by atoms with Crippen molar-refractivity contribution in [2.24, 2.45) is 0 Å². The van der Waals surface area contributed by atoms with Crippen LogP contribution < -0.4 is 5.32 Å². The van der Waals surface area contributed by atoms with Gasteiger partial charge >= 0.3 is 0 Å². The summed E-state index contributed by atoms with van der Waals surface area (Å²) < 4.78 is 26.3. The molecule has 0 bridgehead atoms. The molecule has 0 amide bonds. The van der Waals surface area contributed by atoms with E-state index in [1.807, 2.05) is 0 Å². The van der Waals surface area contributed by atoms with Crippen LogP contribution in [-0.4, -0.2) is 65.5 Å². The van der Waals surface area contributed by atoms with Crippen LogP contribution >= 0.6 is 0 Å². The SMILES string of the molecule is OCC(c1cc(F)cnc1[C@H]1CCCCO1)N1CC[C@@H](OCCCCc2ccc3c(n2)NCCC3)C1. The second-order valence-corrected chi connectivity index (χ2v) is 10.3. The zero-order valence-corrected chi connectivity index (χ0v) is 21.1. The zero-order valence-electron chi connectivity index (χ0n) is 21.1. The van der Waals surface area contributed by atoms with Crippen molar-refractivity contribution in [2.45, 2.75) is 76.0 Å². The number of halogens is 1. The van der Waals surface area contributed by atoms with E-state index in [-0.39, 0.29) is 30.7 Å². The second-order valence-electron chi connectivity index (χ2n) is 10.3. The molecule has 0 aliphatic carbocycles. The highest BCUT2D eigenvalue weighted by molar-refractivity contribution is 5.47. The van der Waals surface area contributed by atoms with E-state index < -0.39 is 0 Å². The van der Waals surface area contributed by atoms with E-state index in [2.05, 4.69) is 27.3 Å². The van der Waals surface area contributed by atoms with Gasteiger partial charge in [0, 0.05) is 38.5 Å². The lowest BCUT2D eigenvalue weighted by atomic mass is 9.97. The Kier molecular flexibility index (Phi) is 8.80. The number of aliphatic hydroxyl groups is 1. The third kappa shape index (κ3) is 6.22. The van der Waals surface area contributed by atoms with Crippen LogP contribution in [0.5, 0.6) is 0 Å². The fraction of sp³-hybridized carbons (Fsp3) is 0.643. The Morgan fingerprint density at radius 2 is 2.17 bits per heavy atom. The lowest BCUT2D eigenvalue weighted by Gasteiger charge is -2.31. The van der Waals surface area contributed by atoms with Crippen LogP contribution in [0.25, 0.3) is 0 Å². The fourth-order valence-corrected chi connectivity index (χ4v) is 5.71. The average molecular weight is 499 g/mol. The number of unbranched alkanes of at least 4 members (excludes halogenated alkanes) is 1. The van der Waals surface area contributed by atoms with E-state index in [0.717, 1.165) is 93.8 Å². The van der Waals surface area contributed by atoms with Gasteiger partial charge in [-0.05, 0) is 81.0 Å².